The highest BCUT2D eigenvalue weighted by Crippen LogP contribution is 2.40. The zero-order chi connectivity index (χ0) is 19.9. The van der Waals surface area contributed by atoms with Crippen LogP contribution in [0.4, 0.5) is 18.0 Å². The van der Waals surface area contributed by atoms with Crippen LogP contribution < -0.4 is 0 Å². The predicted octanol–water partition coefficient (Wildman–Crippen LogP) is 5.12. The first kappa shape index (κ1) is 19.7. The van der Waals surface area contributed by atoms with Crippen molar-refractivity contribution in [1.82, 2.24) is 4.90 Å². The molecule has 2 saturated heterocycles. The van der Waals surface area contributed by atoms with Crippen molar-refractivity contribution in [2.45, 2.75) is 70.6 Å². The maximum atomic E-state index is 13.8. The SMILES string of the molecule is CC(C)(C)OC(=O)N1C2CCC1CC(C(=O)c1ccc(C(F)F)c(F)c1)C2. The Hall–Kier alpha value is -2.05. The number of halogens is 3. The van der Waals surface area contributed by atoms with E-state index < -0.39 is 23.4 Å². The molecule has 2 aliphatic rings. The molecule has 0 aliphatic carbocycles. The Balaban J connectivity index is 1.72. The Labute approximate surface area is 156 Å². The number of nitrogens with zero attached hydrogens (tertiary/aromatic N) is 1. The van der Waals surface area contributed by atoms with Crippen LogP contribution in [0, 0.1) is 11.7 Å². The summed E-state index contributed by atoms with van der Waals surface area (Å²) in [6.07, 6.45) is -0.728. The predicted molar refractivity (Wildman–Crippen MR) is 93.3 cm³/mol. The molecule has 2 unspecified atom stereocenters. The molecule has 1 aromatic carbocycles. The monoisotopic (exact) mass is 383 g/mol. The first-order valence-corrected chi connectivity index (χ1v) is 9.20. The number of benzene rings is 1. The lowest BCUT2D eigenvalue weighted by Crippen LogP contribution is -2.49. The van der Waals surface area contributed by atoms with Crippen LogP contribution in [0.15, 0.2) is 18.2 Å². The number of hydrogen-bond donors (Lipinski definition) is 0. The van der Waals surface area contributed by atoms with E-state index in [1.807, 2.05) is 0 Å². The molecule has 4 nitrogen and oxygen atoms in total. The number of carbonyl (C=O) groups excluding carboxylic acids is 2. The van der Waals surface area contributed by atoms with Crippen LogP contribution in [0.5, 0.6) is 0 Å². The number of ketones is 1. The van der Waals surface area contributed by atoms with E-state index in [0.29, 0.717) is 12.8 Å². The molecule has 1 amide bonds. The van der Waals surface area contributed by atoms with Crippen LogP contribution in [-0.2, 0) is 4.74 Å². The highest BCUT2D eigenvalue weighted by molar-refractivity contribution is 5.98. The van der Waals surface area contributed by atoms with Crippen LogP contribution in [0.3, 0.4) is 0 Å². The van der Waals surface area contributed by atoms with Crippen molar-refractivity contribution >= 4 is 11.9 Å². The van der Waals surface area contributed by atoms with E-state index in [0.717, 1.165) is 25.0 Å². The zero-order valence-electron chi connectivity index (χ0n) is 15.7. The lowest BCUT2D eigenvalue weighted by atomic mass is 9.84. The first-order chi connectivity index (χ1) is 12.6. The van der Waals surface area contributed by atoms with Gasteiger partial charge in [-0.15, -0.1) is 0 Å². The molecule has 0 radical (unpaired) electrons. The topological polar surface area (TPSA) is 46.6 Å². The van der Waals surface area contributed by atoms with E-state index in [-0.39, 0.29) is 35.4 Å². The molecule has 2 heterocycles. The Bertz CT molecular complexity index is 730. The van der Waals surface area contributed by atoms with Crippen molar-refractivity contribution in [3.63, 3.8) is 0 Å². The minimum absolute atomic E-state index is 0.0854. The molecule has 0 saturated carbocycles. The summed E-state index contributed by atoms with van der Waals surface area (Å²) in [7, 11) is 0. The molecule has 2 bridgehead atoms. The number of carbonyl (C=O) groups is 2. The number of rotatable bonds is 3. The molecule has 0 N–H and O–H groups in total. The van der Waals surface area contributed by atoms with Gasteiger partial charge in [0.1, 0.15) is 11.4 Å². The Kier molecular flexibility index (Phi) is 5.23. The third-order valence-corrected chi connectivity index (χ3v) is 5.23. The number of alkyl halides is 2. The van der Waals surface area contributed by atoms with E-state index in [9.17, 15) is 22.8 Å². The lowest BCUT2D eigenvalue weighted by Gasteiger charge is -2.39. The van der Waals surface area contributed by atoms with E-state index >= 15 is 0 Å². The second-order valence-corrected chi connectivity index (χ2v) is 8.34. The average Bonchev–Trinajstić information content (AvgIpc) is 2.82. The quantitative estimate of drug-likeness (QED) is 0.680. The van der Waals surface area contributed by atoms with Gasteiger partial charge >= 0.3 is 6.09 Å². The fraction of sp³-hybridized carbons (Fsp3) is 0.600. The van der Waals surface area contributed by atoms with Gasteiger partial charge in [-0.25, -0.2) is 18.0 Å². The molecular formula is C20H24F3NO3. The number of hydrogen-bond acceptors (Lipinski definition) is 3. The standard InChI is InChI=1S/C20H24F3NO3/c1-20(2,3)27-19(26)24-13-5-6-14(24)9-12(8-13)17(25)11-4-7-15(18(22)23)16(21)10-11/h4,7,10,12-14,18H,5-6,8-9H2,1-3H3. The molecule has 1 aromatic rings. The number of fused-ring (bicyclic) bond motifs is 2. The molecular weight excluding hydrogens is 359 g/mol. The van der Waals surface area contributed by atoms with E-state index in [2.05, 4.69) is 0 Å². The summed E-state index contributed by atoms with van der Waals surface area (Å²) in [5, 5.41) is 0. The fourth-order valence-corrected chi connectivity index (χ4v) is 4.10. The summed E-state index contributed by atoms with van der Waals surface area (Å²) in [6, 6.07) is 2.95. The molecule has 0 spiro atoms. The van der Waals surface area contributed by atoms with E-state index in [1.165, 1.54) is 6.07 Å². The van der Waals surface area contributed by atoms with Crippen molar-refractivity contribution in [2.24, 2.45) is 5.92 Å². The summed E-state index contributed by atoms with van der Waals surface area (Å²) in [6.45, 7) is 5.42. The Morgan fingerprint density at radius 3 is 2.22 bits per heavy atom. The van der Waals surface area contributed by atoms with Crippen LogP contribution in [-0.4, -0.2) is 34.5 Å². The van der Waals surface area contributed by atoms with Crippen molar-refractivity contribution in [3.8, 4) is 0 Å². The maximum Gasteiger partial charge on any atom is 0.410 e. The van der Waals surface area contributed by atoms with Gasteiger partial charge in [-0.3, -0.25) is 4.79 Å². The highest BCUT2D eigenvalue weighted by atomic mass is 19.3. The maximum absolute atomic E-state index is 13.8. The highest BCUT2D eigenvalue weighted by Gasteiger charge is 2.46. The van der Waals surface area contributed by atoms with Gasteiger partial charge in [0.05, 0.1) is 5.56 Å². The molecule has 2 fully saturated rings. The van der Waals surface area contributed by atoms with E-state index in [1.54, 1.807) is 25.7 Å². The molecule has 27 heavy (non-hydrogen) atoms. The van der Waals surface area contributed by atoms with Gasteiger partial charge in [0, 0.05) is 23.6 Å². The van der Waals surface area contributed by atoms with Gasteiger partial charge in [0.2, 0.25) is 0 Å². The summed E-state index contributed by atoms with van der Waals surface area (Å²) in [5.74, 6) is -1.67. The molecule has 3 rings (SSSR count). The van der Waals surface area contributed by atoms with Crippen molar-refractivity contribution in [3.05, 3.63) is 35.1 Å². The van der Waals surface area contributed by atoms with Gasteiger partial charge < -0.3 is 9.64 Å². The molecule has 148 valence electrons. The van der Waals surface area contributed by atoms with Gasteiger partial charge in [-0.2, -0.15) is 0 Å². The minimum Gasteiger partial charge on any atom is -0.444 e. The summed E-state index contributed by atoms with van der Waals surface area (Å²) in [4.78, 5) is 27.0. The third-order valence-electron chi connectivity index (χ3n) is 5.23. The molecule has 2 aliphatic heterocycles. The van der Waals surface area contributed by atoms with E-state index in [4.69, 9.17) is 4.74 Å². The minimum atomic E-state index is -2.91. The number of ether oxygens (including phenoxy) is 1. The normalized spacial score (nSPS) is 25.0. The molecule has 0 aromatic heterocycles. The van der Waals surface area contributed by atoms with Crippen molar-refractivity contribution in [1.29, 1.82) is 0 Å². The smallest absolute Gasteiger partial charge is 0.410 e. The number of Topliss-reactive ketones (excluding diaryl/α,β-unsaturated/α-hetero) is 1. The number of piperidine rings is 1. The average molecular weight is 383 g/mol. The van der Waals surface area contributed by atoms with Crippen LogP contribution in [0.25, 0.3) is 0 Å². The van der Waals surface area contributed by atoms with Gasteiger partial charge in [0.25, 0.3) is 6.43 Å². The molecule has 2 atom stereocenters. The number of amides is 1. The summed E-state index contributed by atoms with van der Waals surface area (Å²) < 4.78 is 44.7. The van der Waals surface area contributed by atoms with Gasteiger partial charge in [-0.1, -0.05) is 6.07 Å². The Morgan fingerprint density at radius 1 is 1.15 bits per heavy atom. The van der Waals surface area contributed by atoms with Gasteiger partial charge in [-0.05, 0) is 58.6 Å². The van der Waals surface area contributed by atoms with Crippen LogP contribution in [0.2, 0.25) is 0 Å². The van der Waals surface area contributed by atoms with Crippen LogP contribution in [0.1, 0.15) is 68.8 Å². The first-order valence-electron chi connectivity index (χ1n) is 9.20. The van der Waals surface area contributed by atoms with Crippen molar-refractivity contribution < 1.29 is 27.5 Å². The summed E-state index contributed by atoms with van der Waals surface area (Å²) >= 11 is 0. The second-order valence-electron chi connectivity index (χ2n) is 8.34. The third kappa shape index (κ3) is 4.12. The lowest BCUT2D eigenvalue weighted by molar-refractivity contribution is 0.00254. The Morgan fingerprint density at radius 2 is 1.74 bits per heavy atom. The van der Waals surface area contributed by atoms with Gasteiger partial charge in [0.15, 0.2) is 5.78 Å². The fourth-order valence-electron chi connectivity index (χ4n) is 4.10. The zero-order valence-corrected chi connectivity index (χ0v) is 15.7. The molecule has 7 heteroatoms. The van der Waals surface area contributed by atoms with Crippen LogP contribution >= 0.6 is 0 Å². The summed E-state index contributed by atoms with van der Waals surface area (Å²) in [5.41, 5.74) is -1.19. The largest absolute Gasteiger partial charge is 0.444 e. The van der Waals surface area contributed by atoms with Crippen molar-refractivity contribution in [2.75, 3.05) is 0 Å². The second kappa shape index (κ2) is 7.17.